The Morgan fingerprint density at radius 2 is 2.55 bits per heavy atom. The van der Waals surface area contributed by atoms with Gasteiger partial charge in [-0.2, -0.15) is 0 Å². The first kappa shape index (κ1) is 8.47. The number of ketones is 1. The quantitative estimate of drug-likeness (QED) is 0.455. The van der Waals surface area contributed by atoms with Crippen LogP contribution in [0.15, 0.2) is 12.7 Å². The predicted molar refractivity (Wildman–Crippen MR) is 43.4 cm³/mol. The van der Waals surface area contributed by atoms with E-state index in [0.29, 0.717) is 25.2 Å². The maximum Gasteiger partial charge on any atom is 0.135 e. The SMILES string of the molecule is C=CCCOC1CCC(=O)C1. The summed E-state index contributed by atoms with van der Waals surface area (Å²) in [5.74, 6) is 0.341. The minimum atomic E-state index is 0.197. The van der Waals surface area contributed by atoms with Crippen LogP contribution in [0.1, 0.15) is 25.7 Å². The summed E-state index contributed by atoms with van der Waals surface area (Å²) in [5.41, 5.74) is 0. The van der Waals surface area contributed by atoms with E-state index in [1.165, 1.54) is 0 Å². The average molecular weight is 154 g/mol. The molecule has 0 aliphatic heterocycles. The van der Waals surface area contributed by atoms with Crippen LogP contribution in [0, 0.1) is 0 Å². The van der Waals surface area contributed by atoms with Gasteiger partial charge in [-0.1, -0.05) is 6.08 Å². The van der Waals surface area contributed by atoms with E-state index in [1.807, 2.05) is 6.08 Å². The monoisotopic (exact) mass is 154 g/mol. The van der Waals surface area contributed by atoms with Crippen LogP contribution < -0.4 is 0 Å². The first-order valence-corrected chi connectivity index (χ1v) is 4.07. The van der Waals surface area contributed by atoms with Gasteiger partial charge in [0.25, 0.3) is 0 Å². The maximum absolute atomic E-state index is 10.8. The molecule has 1 saturated carbocycles. The number of carbonyl (C=O) groups is 1. The van der Waals surface area contributed by atoms with Gasteiger partial charge >= 0.3 is 0 Å². The number of hydrogen-bond acceptors (Lipinski definition) is 2. The molecular weight excluding hydrogens is 140 g/mol. The Morgan fingerprint density at radius 3 is 3.09 bits per heavy atom. The molecule has 11 heavy (non-hydrogen) atoms. The molecule has 0 aromatic heterocycles. The summed E-state index contributed by atoms with van der Waals surface area (Å²) in [6.07, 6.45) is 5.15. The van der Waals surface area contributed by atoms with E-state index in [9.17, 15) is 4.79 Å². The molecule has 2 heteroatoms. The number of ether oxygens (including phenoxy) is 1. The summed E-state index contributed by atoms with van der Waals surface area (Å²) in [6.45, 7) is 4.30. The molecule has 1 atom stereocenters. The zero-order chi connectivity index (χ0) is 8.10. The fourth-order valence-corrected chi connectivity index (χ4v) is 1.24. The van der Waals surface area contributed by atoms with Crippen molar-refractivity contribution in [3.63, 3.8) is 0 Å². The third kappa shape index (κ3) is 2.85. The summed E-state index contributed by atoms with van der Waals surface area (Å²) < 4.78 is 5.42. The highest BCUT2D eigenvalue weighted by molar-refractivity contribution is 5.81. The second kappa shape index (κ2) is 4.29. The number of hydrogen-bond donors (Lipinski definition) is 0. The second-order valence-electron chi connectivity index (χ2n) is 2.85. The van der Waals surface area contributed by atoms with E-state index in [-0.39, 0.29) is 6.10 Å². The van der Waals surface area contributed by atoms with Crippen LogP contribution in [0.2, 0.25) is 0 Å². The molecule has 0 saturated heterocycles. The molecule has 1 unspecified atom stereocenters. The molecule has 0 radical (unpaired) electrons. The lowest BCUT2D eigenvalue weighted by atomic mass is 10.3. The Morgan fingerprint density at radius 1 is 1.73 bits per heavy atom. The van der Waals surface area contributed by atoms with Crippen molar-refractivity contribution in [2.24, 2.45) is 0 Å². The Bertz CT molecular complexity index is 152. The molecule has 2 nitrogen and oxygen atoms in total. The molecule has 0 spiro atoms. The van der Waals surface area contributed by atoms with Crippen molar-refractivity contribution in [3.05, 3.63) is 12.7 Å². The van der Waals surface area contributed by atoms with Crippen LogP contribution in [0.3, 0.4) is 0 Å². The molecular formula is C9H14O2. The number of rotatable bonds is 4. The van der Waals surface area contributed by atoms with E-state index < -0.39 is 0 Å². The highest BCUT2D eigenvalue weighted by atomic mass is 16.5. The first-order valence-electron chi connectivity index (χ1n) is 4.07. The molecule has 0 heterocycles. The van der Waals surface area contributed by atoms with Gasteiger partial charge in [0.2, 0.25) is 0 Å². The molecule has 0 amide bonds. The largest absolute Gasteiger partial charge is 0.377 e. The van der Waals surface area contributed by atoms with E-state index in [1.54, 1.807) is 0 Å². The summed E-state index contributed by atoms with van der Waals surface area (Å²) >= 11 is 0. The van der Waals surface area contributed by atoms with Gasteiger partial charge in [-0.05, 0) is 12.8 Å². The minimum Gasteiger partial charge on any atom is -0.377 e. The van der Waals surface area contributed by atoms with Crippen LogP contribution in [0.5, 0.6) is 0 Å². The lowest BCUT2D eigenvalue weighted by Crippen LogP contribution is -2.08. The van der Waals surface area contributed by atoms with Crippen molar-refractivity contribution in [1.29, 1.82) is 0 Å². The summed E-state index contributed by atoms with van der Waals surface area (Å²) in [5, 5.41) is 0. The van der Waals surface area contributed by atoms with Gasteiger partial charge in [0, 0.05) is 12.8 Å². The predicted octanol–water partition coefficient (Wildman–Crippen LogP) is 1.70. The standard InChI is InChI=1S/C9H14O2/c1-2-3-6-11-9-5-4-8(10)7-9/h2,9H,1,3-7H2. The van der Waals surface area contributed by atoms with Crippen molar-refractivity contribution in [1.82, 2.24) is 0 Å². The lowest BCUT2D eigenvalue weighted by molar-refractivity contribution is -0.118. The van der Waals surface area contributed by atoms with Crippen molar-refractivity contribution >= 4 is 5.78 Å². The molecule has 1 aliphatic rings. The molecule has 0 aromatic rings. The Kier molecular flexibility index (Phi) is 3.30. The lowest BCUT2D eigenvalue weighted by Gasteiger charge is -2.07. The second-order valence-corrected chi connectivity index (χ2v) is 2.85. The first-order chi connectivity index (χ1) is 5.33. The van der Waals surface area contributed by atoms with Gasteiger partial charge < -0.3 is 4.74 Å². The van der Waals surface area contributed by atoms with Gasteiger partial charge in [0.15, 0.2) is 0 Å². The number of Topliss-reactive ketones (excluding diaryl/α,β-unsaturated/α-hetero) is 1. The van der Waals surface area contributed by atoms with Gasteiger partial charge in [0.05, 0.1) is 12.7 Å². The van der Waals surface area contributed by atoms with Crippen LogP contribution in [0.4, 0.5) is 0 Å². The van der Waals surface area contributed by atoms with Crippen LogP contribution in [-0.4, -0.2) is 18.5 Å². The third-order valence-electron chi connectivity index (χ3n) is 1.88. The van der Waals surface area contributed by atoms with Gasteiger partial charge in [-0.3, -0.25) is 4.79 Å². The van der Waals surface area contributed by atoms with Crippen LogP contribution in [0.25, 0.3) is 0 Å². The van der Waals surface area contributed by atoms with E-state index in [0.717, 1.165) is 12.8 Å². The van der Waals surface area contributed by atoms with Crippen LogP contribution in [-0.2, 0) is 9.53 Å². The topological polar surface area (TPSA) is 26.3 Å². The molecule has 1 rings (SSSR count). The van der Waals surface area contributed by atoms with Gasteiger partial charge in [0.1, 0.15) is 5.78 Å². The zero-order valence-electron chi connectivity index (χ0n) is 6.71. The molecule has 1 fully saturated rings. The minimum absolute atomic E-state index is 0.197. The van der Waals surface area contributed by atoms with Gasteiger partial charge in [-0.15, -0.1) is 6.58 Å². The zero-order valence-corrected chi connectivity index (χ0v) is 6.71. The Balaban J connectivity index is 2.08. The van der Waals surface area contributed by atoms with E-state index in [2.05, 4.69) is 6.58 Å². The highest BCUT2D eigenvalue weighted by Gasteiger charge is 2.21. The molecule has 1 aliphatic carbocycles. The van der Waals surface area contributed by atoms with Crippen molar-refractivity contribution in [2.45, 2.75) is 31.8 Å². The normalized spacial score (nSPS) is 24.0. The van der Waals surface area contributed by atoms with Crippen molar-refractivity contribution in [3.8, 4) is 0 Å². The van der Waals surface area contributed by atoms with Gasteiger partial charge in [-0.25, -0.2) is 0 Å². The summed E-state index contributed by atoms with van der Waals surface area (Å²) in [7, 11) is 0. The summed E-state index contributed by atoms with van der Waals surface area (Å²) in [4.78, 5) is 10.8. The van der Waals surface area contributed by atoms with E-state index in [4.69, 9.17) is 4.74 Å². The molecule has 0 aromatic carbocycles. The molecule has 0 N–H and O–H groups in total. The van der Waals surface area contributed by atoms with E-state index >= 15 is 0 Å². The fourth-order valence-electron chi connectivity index (χ4n) is 1.24. The summed E-state index contributed by atoms with van der Waals surface area (Å²) in [6, 6.07) is 0. The highest BCUT2D eigenvalue weighted by Crippen LogP contribution is 2.17. The average Bonchev–Trinajstić information content (AvgIpc) is 2.37. The Labute approximate surface area is 67.2 Å². The third-order valence-corrected chi connectivity index (χ3v) is 1.88. The smallest absolute Gasteiger partial charge is 0.135 e. The van der Waals surface area contributed by atoms with Crippen LogP contribution >= 0.6 is 0 Å². The molecule has 0 bridgehead atoms. The molecule has 62 valence electrons. The Hall–Kier alpha value is -0.630. The van der Waals surface area contributed by atoms with Crippen molar-refractivity contribution in [2.75, 3.05) is 6.61 Å². The maximum atomic E-state index is 10.8. The fraction of sp³-hybridized carbons (Fsp3) is 0.667. The number of carbonyl (C=O) groups excluding carboxylic acids is 1. The van der Waals surface area contributed by atoms with Crippen molar-refractivity contribution < 1.29 is 9.53 Å².